The molecule has 4 nitrogen and oxygen atoms in total. The average Bonchev–Trinajstić information content (AvgIpc) is 2.28. The van der Waals surface area contributed by atoms with Crippen LogP contribution in [0.2, 0.25) is 0 Å². The van der Waals surface area contributed by atoms with Crippen LogP contribution in [0.4, 0.5) is 4.79 Å². The van der Waals surface area contributed by atoms with E-state index in [4.69, 9.17) is 28.3 Å². The van der Waals surface area contributed by atoms with Gasteiger partial charge in [-0.05, 0) is 12.0 Å². The Bertz CT molecular complexity index is 395. The van der Waals surface area contributed by atoms with Gasteiger partial charge in [-0.15, -0.1) is 0 Å². The largest absolute Gasteiger partial charge is 0.465 e. The van der Waals surface area contributed by atoms with Crippen LogP contribution in [0.3, 0.4) is 0 Å². The van der Waals surface area contributed by atoms with Crippen molar-refractivity contribution in [2.45, 2.75) is 17.3 Å². The van der Waals surface area contributed by atoms with Crippen LogP contribution in [0.5, 0.6) is 0 Å². The summed E-state index contributed by atoms with van der Waals surface area (Å²) in [6.45, 7) is 0. The van der Waals surface area contributed by atoms with E-state index >= 15 is 0 Å². The Morgan fingerprint density at radius 1 is 1.24 bits per heavy atom. The van der Waals surface area contributed by atoms with Crippen LogP contribution in [0, 0.1) is 0 Å². The Hall–Kier alpha value is -1.26. The number of hydrogen-bond acceptors (Lipinski definition) is 2. The van der Waals surface area contributed by atoms with Crippen LogP contribution in [0.1, 0.15) is 5.56 Å². The molecule has 92 valence electrons. The van der Waals surface area contributed by atoms with Gasteiger partial charge in [-0.2, -0.15) is 0 Å². The number of carbonyl (C=O) groups is 2. The van der Waals surface area contributed by atoms with Gasteiger partial charge in [0.05, 0.1) is 6.04 Å². The Morgan fingerprint density at radius 2 is 1.82 bits per heavy atom. The second-order valence-electron chi connectivity index (χ2n) is 3.39. The number of carboxylic acid groups (broad SMARTS) is 1. The first-order chi connectivity index (χ1) is 8.00. The zero-order valence-electron chi connectivity index (χ0n) is 8.77. The molecule has 0 radical (unpaired) electrons. The van der Waals surface area contributed by atoms with Gasteiger partial charge in [0.2, 0.25) is 0 Å². The van der Waals surface area contributed by atoms with Gasteiger partial charge in [-0.1, -0.05) is 53.5 Å². The van der Waals surface area contributed by atoms with Crippen molar-refractivity contribution in [3.8, 4) is 0 Å². The number of amides is 1. The number of rotatable bonds is 5. The van der Waals surface area contributed by atoms with Crippen molar-refractivity contribution in [3.05, 3.63) is 35.9 Å². The lowest BCUT2D eigenvalue weighted by molar-refractivity contribution is -0.119. The van der Waals surface area contributed by atoms with E-state index in [1.54, 1.807) is 24.3 Å². The molecule has 1 aromatic rings. The normalized spacial score (nSPS) is 12.2. The van der Waals surface area contributed by atoms with Crippen molar-refractivity contribution in [3.63, 3.8) is 0 Å². The molecule has 0 bridgehead atoms. The van der Waals surface area contributed by atoms with Crippen LogP contribution >= 0.6 is 23.2 Å². The molecule has 0 saturated carbocycles. The Labute approximate surface area is 109 Å². The first kappa shape index (κ1) is 13.8. The third-order valence-electron chi connectivity index (χ3n) is 2.14. The second-order valence-corrected chi connectivity index (χ2v) is 4.49. The van der Waals surface area contributed by atoms with Gasteiger partial charge in [0, 0.05) is 0 Å². The molecule has 2 N–H and O–H groups in total. The lowest BCUT2D eigenvalue weighted by atomic mass is 10.0. The van der Waals surface area contributed by atoms with Gasteiger partial charge in [0.15, 0.2) is 10.6 Å². The van der Waals surface area contributed by atoms with E-state index in [0.29, 0.717) is 0 Å². The molecule has 0 fully saturated rings. The Morgan fingerprint density at radius 3 is 2.29 bits per heavy atom. The van der Waals surface area contributed by atoms with Crippen LogP contribution in [-0.4, -0.2) is 27.9 Å². The molecule has 0 aliphatic carbocycles. The van der Waals surface area contributed by atoms with E-state index in [-0.39, 0.29) is 6.42 Å². The summed E-state index contributed by atoms with van der Waals surface area (Å²) in [6, 6.07) is 8.08. The molecule has 6 heteroatoms. The van der Waals surface area contributed by atoms with Crippen LogP contribution in [0.25, 0.3) is 0 Å². The molecule has 0 heterocycles. The van der Waals surface area contributed by atoms with Crippen molar-refractivity contribution in [1.82, 2.24) is 5.32 Å². The van der Waals surface area contributed by atoms with E-state index in [0.717, 1.165) is 5.56 Å². The summed E-state index contributed by atoms with van der Waals surface area (Å²) < 4.78 is 0. The van der Waals surface area contributed by atoms with E-state index in [9.17, 15) is 9.59 Å². The minimum atomic E-state index is -1.28. The van der Waals surface area contributed by atoms with Crippen molar-refractivity contribution >= 4 is 35.1 Å². The van der Waals surface area contributed by atoms with E-state index in [1.807, 2.05) is 6.07 Å². The molecule has 1 rings (SSSR count). The van der Waals surface area contributed by atoms with E-state index in [2.05, 4.69) is 5.32 Å². The maximum absolute atomic E-state index is 11.6. The summed E-state index contributed by atoms with van der Waals surface area (Å²) in [5, 5.41) is 10.8. The number of alkyl halides is 2. The quantitative estimate of drug-likeness (QED) is 0.810. The smallest absolute Gasteiger partial charge is 0.405 e. The fourth-order valence-corrected chi connectivity index (χ4v) is 1.68. The highest BCUT2D eigenvalue weighted by Gasteiger charge is 2.25. The molecule has 1 atom stereocenters. The number of hydrogen-bond donors (Lipinski definition) is 2. The average molecular weight is 276 g/mol. The zero-order chi connectivity index (χ0) is 12.8. The molecular weight excluding hydrogens is 265 g/mol. The molecule has 1 amide bonds. The van der Waals surface area contributed by atoms with Gasteiger partial charge in [0.25, 0.3) is 0 Å². The fourth-order valence-electron chi connectivity index (χ4n) is 1.37. The maximum Gasteiger partial charge on any atom is 0.405 e. The molecule has 0 spiro atoms. The predicted molar refractivity (Wildman–Crippen MR) is 65.6 cm³/mol. The summed E-state index contributed by atoms with van der Waals surface area (Å²) in [7, 11) is 0. The van der Waals surface area contributed by atoms with Gasteiger partial charge in [0.1, 0.15) is 0 Å². The Balaban J connectivity index is 2.77. The third kappa shape index (κ3) is 4.63. The molecule has 0 unspecified atom stereocenters. The van der Waals surface area contributed by atoms with Crippen molar-refractivity contribution in [2.24, 2.45) is 0 Å². The fraction of sp³-hybridized carbons (Fsp3) is 0.273. The van der Waals surface area contributed by atoms with Crippen LogP contribution < -0.4 is 5.32 Å². The number of Topliss-reactive ketones (excluding diaryl/α,β-unsaturated/α-hetero) is 1. The van der Waals surface area contributed by atoms with Crippen molar-refractivity contribution in [1.29, 1.82) is 0 Å². The molecule has 0 aromatic heterocycles. The topological polar surface area (TPSA) is 66.4 Å². The molecule has 17 heavy (non-hydrogen) atoms. The Kier molecular flexibility index (Phi) is 5.25. The first-order valence-corrected chi connectivity index (χ1v) is 5.73. The summed E-state index contributed by atoms with van der Waals surface area (Å²) in [6.07, 6.45) is -1.06. The summed E-state index contributed by atoms with van der Waals surface area (Å²) in [5.41, 5.74) is 0.827. The van der Waals surface area contributed by atoms with E-state index < -0.39 is 22.8 Å². The SMILES string of the molecule is O=C(O)N[C@@H](Cc1ccccc1)C(=O)C(Cl)Cl. The highest BCUT2D eigenvalue weighted by atomic mass is 35.5. The van der Waals surface area contributed by atoms with E-state index in [1.165, 1.54) is 0 Å². The van der Waals surface area contributed by atoms with Crippen LogP contribution in [0.15, 0.2) is 30.3 Å². The highest BCUT2D eigenvalue weighted by molar-refractivity contribution is 6.54. The molecular formula is C11H11Cl2NO3. The first-order valence-electron chi connectivity index (χ1n) is 4.86. The summed E-state index contributed by atoms with van der Waals surface area (Å²) in [5.74, 6) is -0.556. The zero-order valence-corrected chi connectivity index (χ0v) is 10.3. The highest BCUT2D eigenvalue weighted by Crippen LogP contribution is 2.11. The minimum Gasteiger partial charge on any atom is -0.465 e. The van der Waals surface area contributed by atoms with Crippen molar-refractivity contribution in [2.75, 3.05) is 0 Å². The number of ketones is 1. The number of nitrogens with one attached hydrogen (secondary N) is 1. The number of halogens is 2. The third-order valence-corrected chi connectivity index (χ3v) is 2.57. The van der Waals surface area contributed by atoms with Gasteiger partial charge in [-0.25, -0.2) is 4.79 Å². The molecule has 1 aromatic carbocycles. The van der Waals surface area contributed by atoms with Crippen LogP contribution in [-0.2, 0) is 11.2 Å². The molecule has 0 aliphatic rings. The molecule has 0 saturated heterocycles. The molecule has 0 aliphatic heterocycles. The lowest BCUT2D eigenvalue weighted by Crippen LogP contribution is -2.43. The van der Waals surface area contributed by atoms with Crippen molar-refractivity contribution < 1.29 is 14.7 Å². The van der Waals surface area contributed by atoms with Gasteiger partial charge in [-0.3, -0.25) is 4.79 Å². The summed E-state index contributed by atoms with van der Waals surface area (Å²) in [4.78, 5) is 20.9. The number of carbonyl (C=O) groups excluding carboxylic acids is 1. The number of benzene rings is 1. The van der Waals surface area contributed by atoms with Gasteiger partial charge < -0.3 is 10.4 Å². The second kappa shape index (κ2) is 6.47. The lowest BCUT2D eigenvalue weighted by Gasteiger charge is -2.16. The van der Waals surface area contributed by atoms with Gasteiger partial charge >= 0.3 is 6.09 Å². The predicted octanol–water partition coefficient (Wildman–Crippen LogP) is 2.24. The monoisotopic (exact) mass is 275 g/mol. The summed E-state index contributed by atoms with van der Waals surface area (Å²) >= 11 is 10.9. The minimum absolute atomic E-state index is 0.224. The maximum atomic E-state index is 11.6. The standard InChI is InChI=1S/C11H11Cl2NO3/c12-10(13)9(15)8(14-11(16)17)6-7-4-2-1-3-5-7/h1-5,8,10,14H,6H2,(H,16,17)/t8-/m0/s1.